The monoisotopic (exact) mass is 512 g/mol. The van der Waals surface area contributed by atoms with Crippen LogP contribution in [0.4, 0.5) is 4.39 Å². The van der Waals surface area contributed by atoms with Crippen LogP contribution < -0.4 is 0 Å². The fourth-order valence-corrected chi connectivity index (χ4v) is 6.82. The molecule has 6 heteroatoms. The van der Waals surface area contributed by atoms with Gasteiger partial charge < -0.3 is 4.90 Å². The van der Waals surface area contributed by atoms with E-state index in [1.165, 1.54) is 23.3 Å². The number of amides is 1. The number of benzene rings is 4. The van der Waals surface area contributed by atoms with Crippen molar-refractivity contribution in [1.29, 1.82) is 5.26 Å². The molecule has 0 unspecified atom stereocenters. The summed E-state index contributed by atoms with van der Waals surface area (Å²) in [4.78, 5) is 15.5. The topological polar surface area (TPSA) is 61.9 Å². The van der Waals surface area contributed by atoms with Crippen LogP contribution >= 0.6 is 0 Å². The number of nitriles is 1. The van der Waals surface area contributed by atoms with Crippen LogP contribution in [0, 0.1) is 30.0 Å². The zero-order chi connectivity index (χ0) is 26.7. The predicted molar refractivity (Wildman–Crippen MR) is 147 cm³/mol. The molecule has 1 aliphatic carbocycles. The Bertz CT molecular complexity index is 1790. The maximum absolute atomic E-state index is 13.6. The lowest BCUT2D eigenvalue weighted by Gasteiger charge is -2.26. The lowest BCUT2D eigenvalue weighted by atomic mass is 9.86. The van der Waals surface area contributed by atoms with Gasteiger partial charge >= 0.3 is 0 Å². The zero-order valence-electron chi connectivity index (χ0n) is 21.4. The molecule has 0 N–H and O–H groups in total. The lowest BCUT2D eigenvalue weighted by Crippen LogP contribution is -2.35. The Morgan fingerprint density at radius 1 is 1.03 bits per heavy atom. The van der Waals surface area contributed by atoms with Crippen LogP contribution in [0.3, 0.4) is 0 Å². The maximum Gasteiger partial charge on any atom is 0.255 e. The van der Waals surface area contributed by atoms with Gasteiger partial charge in [0.1, 0.15) is 5.82 Å². The Labute approximate surface area is 225 Å². The summed E-state index contributed by atoms with van der Waals surface area (Å²) in [5.41, 5.74) is 6.07. The summed E-state index contributed by atoms with van der Waals surface area (Å²) >= 11 is 0. The molecule has 190 valence electrons. The van der Waals surface area contributed by atoms with Crippen LogP contribution in [-0.2, 0) is 5.41 Å². The van der Waals surface area contributed by atoms with Crippen LogP contribution in [0.1, 0.15) is 38.5 Å². The number of nitrogens with zero attached hydrogens (tertiary/aromatic N) is 4. The molecule has 0 bridgehead atoms. The predicted octanol–water partition coefficient (Wildman–Crippen LogP) is 6.15. The van der Waals surface area contributed by atoms with Gasteiger partial charge in [0.2, 0.25) is 0 Å². The molecule has 7 rings (SSSR count). The molecule has 3 atom stereocenters. The number of carbonyl (C=O) groups is 1. The summed E-state index contributed by atoms with van der Waals surface area (Å²) in [5, 5.41) is 15.2. The summed E-state index contributed by atoms with van der Waals surface area (Å²) in [7, 11) is 0. The highest BCUT2D eigenvalue weighted by atomic mass is 19.1. The number of hydrogen-bond donors (Lipinski definition) is 0. The van der Waals surface area contributed by atoms with E-state index in [-0.39, 0.29) is 23.1 Å². The first-order valence-electron chi connectivity index (χ1n) is 13.1. The van der Waals surface area contributed by atoms with Crippen molar-refractivity contribution >= 4 is 16.8 Å². The Morgan fingerprint density at radius 2 is 1.77 bits per heavy atom. The molecule has 2 heterocycles. The van der Waals surface area contributed by atoms with E-state index in [4.69, 9.17) is 0 Å². The number of halogens is 1. The number of hydrogen-bond acceptors (Lipinski definition) is 3. The van der Waals surface area contributed by atoms with Gasteiger partial charge in [0.05, 0.1) is 34.6 Å². The van der Waals surface area contributed by atoms with E-state index in [0.29, 0.717) is 30.1 Å². The van der Waals surface area contributed by atoms with E-state index < -0.39 is 0 Å². The number of aromatic nitrogens is 2. The van der Waals surface area contributed by atoms with Crippen molar-refractivity contribution < 1.29 is 9.18 Å². The standard InChI is InChI=1S/C33H25FN4O/c1-21-15-30-24(18-36-38(30)26-13-11-25(34)12-14-26)16-28(21)33-20-37(32(39)27-10-6-5-9-23(27)17-35)19-29(33)31(33)22-7-3-2-4-8-22/h2-16,18,29,31H,19-20H2,1H3/t29-,31-,33+/m0/s1. The lowest BCUT2D eigenvalue weighted by molar-refractivity contribution is 0.0768. The maximum atomic E-state index is 13.6. The molecular formula is C33H25FN4O. The fraction of sp³-hybridized carbons (Fsp3) is 0.182. The second kappa shape index (κ2) is 8.64. The number of likely N-dealkylation sites (tertiary alicyclic amines) is 1. The van der Waals surface area contributed by atoms with E-state index in [1.54, 1.807) is 30.3 Å². The van der Waals surface area contributed by atoms with Gasteiger partial charge in [0, 0.05) is 29.8 Å². The third-order valence-electron chi connectivity index (χ3n) is 8.59. The second-order valence-corrected chi connectivity index (χ2v) is 10.6. The minimum absolute atomic E-state index is 0.0894. The molecule has 39 heavy (non-hydrogen) atoms. The van der Waals surface area contributed by atoms with Crippen LogP contribution in [0.25, 0.3) is 16.6 Å². The van der Waals surface area contributed by atoms with Gasteiger partial charge in [0.15, 0.2) is 0 Å². The second-order valence-electron chi connectivity index (χ2n) is 10.6. The average Bonchev–Trinajstić information content (AvgIpc) is 3.22. The number of fused-ring (bicyclic) bond motifs is 2. The van der Waals surface area contributed by atoms with E-state index in [0.717, 1.165) is 22.2 Å². The molecule has 2 aliphatic rings. The molecule has 0 radical (unpaired) electrons. The Morgan fingerprint density at radius 3 is 2.54 bits per heavy atom. The minimum atomic E-state index is -0.280. The van der Waals surface area contributed by atoms with E-state index in [2.05, 4.69) is 54.5 Å². The van der Waals surface area contributed by atoms with Crippen LogP contribution in [0.2, 0.25) is 0 Å². The summed E-state index contributed by atoms with van der Waals surface area (Å²) in [6.07, 6.45) is 1.86. The normalized spacial score (nSPS) is 21.5. The third kappa shape index (κ3) is 3.50. The van der Waals surface area contributed by atoms with E-state index in [1.807, 2.05) is 27.9 Å². The highest BCUT2D eigenvalue weighted by Crippen LogP contribution is 2.70. The molecule has 0 spiro atoms. The Hall–Kier alpha value is -4.76. The van der Waals surface area contributed by atoms with Crippen molar-refractivity contribution in [2.45, 2.75) is 18.3 Å². The number of rotatable bonds is 4. The molecule has 2 fully saturated rings. The first kappa shape index (κ1) is 23.4. The van der Waals surface area contributed by atoms with Gasteiger partial charge in [-0.1, -0.05) is 42.5 Å². The first-order valence-corrected chi connectivity index (χ1v) is 13.1. The van der Waals surface area contributed by atoms with Gasteiger partial charge in [-0.25, -0.2) is 9.07 Å². The van der Waals surface area contributed by atoms with Crippen molar-refractivity contribution in [3.05, 3.63) is 131 Å². The molecule has 1 aromatic heterocycles. The van der Waals surface area contributed by atoms with Gasteiger partial charge in [-0.05, 0) is 78.1 Å². The summed E-state index contributed by atoms with van der Waals surface area (Å²) in [5.74, 6) is 0.212. The van der Waals surface area contributed by atoms with E-state index >= 15 is 0 Å². The van der Waals surface area contributed by atoms with Crippen LogP contribution in [0.15, 0.2) is 97.2 Å². The minimum Gasteiger partial charge on any atom is -0.337 e. The van der Waals surface area contributed by atoms with Gasteiger partial charge in [0.25, 0.3) is 5.91 Å². The highest BCUT2D eigenvalue weighted by Gasteiger charge is 2.71. The molecule has 1 amide bonds. The summed E-state index contributed by atoms with van der Waals surface area (Å²) in [6, 6.07) is 30.5. The Balaban J connectivity index is 1.31. The molecule has 1 saturated carbocycles. The largest absolute Gasteiger partial charge is 0.337 e. The van der Waals surface area contributed by atoms with Gasteiger partial charge in [-0.3, -0.25) is 4.79 Å². The number of carbonyl (C=O) groups excluding carboxylic acids is 1. The quantitative estimate of drug-likeness (QED) is 0.290. The van der Waals surface area contributed by atoms with Crippen molar-refractivity contribution in [3.8, 4) is 11.8 Å². The molecule has 5 aromatic rings. The van der Waals surface area contributed by atoms with Crippen LogP contribution in [-0.4, -0.2) is 33.7 Å². The molecule has 1 aliphatic heterocycles. The fourth-order valence-electron chi connectivity index (χ4n) is 6.82. The molecule has 1 saturated heterocycles. The number of piperidine rings is 1. The van der Waals surface area contributed by atoms with Crippen molar-refractivity contribution in [2.24, 2.45) is 5.92 Å². The van der Waals surface area contributed by atoms with Gasteiger partial charge in [-0.15, -0.1) is 0 Å². The molecular weight excluding hydrogens is 487 g/mol. The Kier molecular flexibility index (Phi) is 5.18. The van der Waals surface area contributed by atoms with Crippen molar-refractivity contribution in [1.82, 2.24) is 14.7 Å². The van der Waals surface area contributed by atoms with E-state index in [9.17, 15) is 14.4 Å². The summed E-state index contributed by atoms with van der Waals surface area (Å²) in [6.45, 7) is 3.36. The SMILES string of the molecule is Cc1cc2c(cnn2-c2ccc(F)cc2)cc1[C@]12CN(C(=O)c3ccccc3C#N)C[C@H]1[C@@H]2c1ccccc1. The zero-order valence-corrected chi connectivity index (χ0v) is 21.4. The average molecular weight is 513 g/mol. The molecule has 5 nitrogen and oxygen atoms in total. The van der Waals surface area contributed by atoms with Crippen molar-refractivity contribution in [3.63, 3.8) is 0 Å². The third-order valence-corrected chi connectivity index (χ3v) is 8.59. The van der Waals surface area contributed by atoms with Crippen LogP contribution in [0.5, 0.6) is 0 Å². The molecule has 4 aromatic carbocycles. The first-order chi connectivity index (χ1) is 19.0. The smallest absolute Gasteiger partial charge is 0.255 e. The van der Waals surface area contributed by atoms with Gasteiger partial charge in [-0.2, -0.15) is 10.4 Å². The highest BCUT2D eigenvalue weighted by molar-refractivity contribution is 5.97. The van der Waals surface area contributed by atoms with Crippen molar-refractivity contribution in [2.75, 3.05) is 13.1 Å². The summed E-state index contributed by atoms with van der Waals surface area (Å²) < 4.78 is 15.4. The number of aryl methyl sites for hydroxylation is 1.